The van der Waals surface area contributed by atoms with E-state index in [1.807, 2.05) is 22.6 Å². The minimum absolute atomic E-state index is 0.0193. The topological polar surface area (TPSA) is 71.1 Å². The maximum atomic E-state index is 10.8. The van der Waals surface area contributed by atoms with Crippen LogP contribution in [-0.2, 0) is 18.9 Å². The van der Waals surface area contributed by atoms with Gasteiger partial charge in [-0.1, -0.05) is 11.6 Å². The maximum Gasteiger partial charge on any atom is 0.509 e. The Bertz CT molecular complexity index is 247. The van der Waals surface area contributed by atoms with Crippen LogP contribution < -0.4 is 0 Å². The van der Waals surface area contributed by atoms with Gasteiger partial charge in [0, 0.05) is 24.4 Å². The van der Waals surface area contributed by atoms with Crippen molar-refractivity contribution in [3.63, 3.8) is 0 Å². The van der Waals surface area contributed by atoms with Gasteiger partial charge in [0.15, 0.2) is 6.07 Å². The van der Waals surface area contributed by atoms with E-state index in [-0.39, 0.29) is 12.2 Å². The number of rotatable bonds is 3. The minimum atomic E-state index is -0.870. The van der Waals surface area contributed by atoms with Crippen LogP contribution in [0.4, 0.5) is 9.59 Å². The van der Waals surface area contributed by atoms with E-state index >= 15 is 0 Å². The molecule has 0 aromatic heterocycles. The summed E-state index contributed by atoms with van der Waals surface area (Å²) >= 11 is 11.5. The van der Waals surface area contributed by atoms with Crippen molar-refractivity contribution in [2.75, 3.05) is 23.9 Å². The van der Waals surface area contributed by atoms with Gasteiger partial charge in [0.2, 0.25) is 0 Å². The Labute approximate surface area is 128 Å². The summed E-state index contributed by atoms with van der Waals surface area (Å²) in [5.74, 6) is 0. The fourth-order valence-electron chi connectivity index (χ4n) is 1.05. The number of carbonyl (C=O) groups excluding carboxylic acids is 2. The Balaban J connectivity index is 0.000000411. The molecule has 1 saturated heterocycles. The highest BCUT2D eigenvalue weighted by Gasteiger charge is 2.18. The summed E-state index contributed by atoms with van der Waals surface area (Å²) in [5, 5.41) is 0. The highest BCUT2D eigenvalue weighted by atomic mass is 127. The second-order valence-electron chi connectivity index (χ2n) is 2.92. The third kappa shape index (κ3) is 11.1. The lowest BCUT2D eigenvalue weighted by Crippen LogP contribution is -2.26. The Morgan fingerprint density at radius 3 is 2.28 bits per heavy atom. The first-order valence-electron chi connectivity index (χ1n) is 4.95. The van der Waals surface area contributed by atoms with Gasteiger partial charge in [-0.2, -0.15) is 0 Å². The van der Waals surface area contributed by atoms with Crippen molar-refractivity contribution in [1.29, 1.82) is 0 Å². The lowest BCUT2D eigenvalue weighted by molar-refractivity contribution is -0.0224. The van der Waals surface area contributed by atoms with Crippen molar-refractivity contribution in [1.82, 2.24) is 0 Å². The number of hydrogen-bond acceptors (Lipinski definition) is 6. The van der Waals surface area contributed by atoms with Crippen LogP contribution in [0.15, 0.2) is 0 Å². The van der Waals surface area contributed by atoms with Crippen molar-refractivity contribution in [2.45, 2.75) is 18.9 Å². The second kappa shape index (κ2) is 12.1. The number of hydrogen-bond donors (Lipinski definition) is 0. The van der Waals surface area contributed by atoms with Gasteiger partial charge >= 0.3 is 11.6 Å². The standard InChI is InChI=1S/C7H11IO4.C2H2Cl2O2/c8-5-11-7(9)12-6-1-3-10-4-2-6;3-1-6-2(4)5/h6H,1-5H2;1H2. The summed E-state index contributed by atoms with van der Waals surface area (Å²) < 4.78 is 19.0. The SMILES string of the molecule is O=C(Cl)OCCl.O=C(OCI)OC1CCOCC1. The van der Waals surface area contributed by atoms with Crippen molar-refractivity contribution >= 4 is 57.4 Å². The van der Waals surface area contributed by atoms with E-state index in [0.29, 0.717) is 17.8 Å². The average Bonchev–Trinajstić information content (AvgIpc) is 2.31. The fraction of sp³-hybridized carbons (Fsp3) is 0.778. The first kappa shape index (κ1) is 18.0. The Hall–Kier alpha value is 0.01000. The lowest BCUT2D eigenvalue weighted by atomic mass is 10.2. The smallest absolute Gasteiger partial charge is 0.437 e. The van der Waals surface area contributed by atoms with Crippen LogP contribution in [0.1, 0.15) is 12.8 Å². The summed E-state index contributed by atoms with van der Waals surface area (Å²) in [6.45, 7) is 1.34. The molecule has 1 aliphatic heterocycles. The van der Waals surface area contributed by atoms with Crippen molar-refractivity contribution < 1.29 is 28.5 Å². The largest absolute Gasteiger partial charge is 0.509 e. The van der Waals surface area contributed by atoms with Gasteiger partial charge in [-0.05, 0) is 22.6 Å². The minimum Gasteiger partial charge on any atom is -0.437 e. The van der Waals surface area contributed by atoms with Crippen LogP contribution >= 0.6 is 45.8 Å². The highest BCUT2D eigenvalue weighted by molar-refractivity contribution is 14.1. The number of alkyl halides is 2. The Morgan fingerprint density at radius 2 is 1.89 bits per heavy atom. The third-order valence-electron chi connectivity index (χ3n) is 1.77. The monoisotopic (exact) mass is 414 g/mol. The fourth-order valence-corrected chi connectivity index (χ4v) is 1.52. The zero-order valence-corrected chi connectivity index (χ0v) is 13.1. The van der Waals surface area contributed by atoms with Crippen LogP contribution in [0.5, 0.6) is 0 Å². The normalized spacial score (nSPS) is 15.1. The molecular weight excluding hydrogens is 402 g/mol. The molecule has 0 radical (unpaired) electrons. The Kier molecular flexibility index (Phi) is 12.1. The predicted octanol–water partition coefficient (Wildman–Crippen LogP) is 3.27. The molecule has 1 heterocycles. The molecule has 0 aromatic rings. The summed E-state index contributed by atoms with van der Waals surface area (Å²) in [6.07, 6.45) is 0.956. The van der Waals surface area contributed by atoms with Crippen LogP contribution in [0.2, 0.25) is 0 Å². The highest BCUT2D eigenvalue weighted by Crippen LogP contribution is 2.11. The maximum absolute atomic E-state index is 10.8. The van der Waals surface area contributed by atoms with E-state index in [4.69, 9.17) is 21.1 Å². The average molecular weight is 415 g/mol. The molecule has 0 aromatic carbocycles. The summed E-state index contributed by atoms with van der Waals surface area (Å²) in [4.78, 5) is 20.3. The van der Waals surface area contributed by atoms with Crippen molar-refractivity contribution in [3.8, 4) is 0 Å². The molecule has 0 spiro atoms. The van der Waals surface area contributed by atoms with Crippen LogP contribution in [0.25, 0.3) is 0 Å². The van der Waals surface area contributed by atoms with E-state index in [2.05, 4.69) is 21.1 Å². The van der Waals surface area contributed by atoms with Gasteiger partial charge in [-0.15, -0.1) is 0 Å². The zero-order chi connectivity index (χ0) is 13.8. The van der Waals surface area contributed by atoms with Gasteiger partial charge < -0.3 is 18.9 Å². The van der Waals surface area contributed by atoms with Crippen LogP contribution in [-0.4, -0.2) is 41.6 Å². The third-order valence-corrected chi connectivity index (χ3v) is 2.30. The molecule has 0 saturated carbocycles. The molecule has 0 aliphatic carbocycles. The molecular formula is C9H13Cl2IO6. The summed E-state index contributed by atoms with van der Waals surface area (Å²) in [6, 6.07) is -0.178. The van der Waals surface area contributed by atoms with Gasteiger partial charge in [0.1, 0.15) is 10.7 Å². The molecule has 1 rings (SSSR count). The molecule has 18 heavy (non-hydrogen) atoms. The molecule has 0 N–H and O–H groups in total. The van der Waals surface area contributed by atoms with Crippen molar-refractivity contribution in [2.24, 2.45) is 0 Å². The molecule has 0 unspecified atom stereocenters. The summed E-state index contributed by atoms with van der Waals surface area (Å²) in [5.41, 5.74) is -0.870. The summed E-state index contributed by atoms with van der Waals surface area (Å²) in [7, 11) is 0. The van der Waals surface area contributed by atoms with E-state index in [0.717, 1.165) is 12.8 Å². The van der Waals surface area contributed by atoms with Crippen LogP contribution in [0, 0.1) is 0 Å². The van der Waals surface area contributed by atoms with Crippen LogP contribution in [0.3, 0.4) is 0 Å². The molecule has 0 atom stereocenters. The molecule has 6 nitrogen and oxygen atoms in total. The van der Waals surface area contributed by atoms with Gasteiger partial charge in [0.05, 0.1) is 13.2 Å². The molecule has 0 amide bonds. The van der Waals surface area contributed by atoms with Gasteiger partial charge in [-0.25, -0.2) is 9.59 Å². The van der Waals surface area contributed by atoms with Crippen molar-refractivity contribution in [3.05, 3.63) is 0 Å². The number of halogens is 3. The van der Waals surface area contributed by atoms with E-state index < -0.39 is 11.6 Å². The number of ether oxygens (including phenoxy) is 4. The molecule has 9 heteroatoms. The van der Waals surface area contributed by atoms with Gasteiger partial charge in [-0.3, -0.25) is 0 Å². The van der Waals surface area contributed by atoms with E-state index in [9.17, 15) is 9.59 Å². The molecule has 106 valence electrons. The van der Waals surface area contributed by atoms with Gasteiger partial charge in [0.25, 0.3) is 0 Å². The predicted molar refractivity (Wildman–Crippen MR) is 73.3 cm³/mol. The molecule has 1 fully saturated rings. The Morgan fingerprint density at radius 1 is 1.28 bits per heavy atom. The first-order chi connectivity index (χ1) is 8.60. The first-order valence-corrected chi connectivity index (χ1v) is 7.39. The lowest BCUT2D eigenvalue weighted by Gasteiger charge is -2.21. The quantitative estimate of drug-likeness (QED) is 0.305. The second-order valence-corrected chi connectivity index (χ2v) is 4.07. The molecule has 1 aliphatic rings. The van der Waals surface area contributed by atoms with E-state index in [1.54, 1.807) is 0 Å². The zero-order valence-electron chi connectivity index (χ0n) is 9.40. The number of carbonyl (C=O) groups is 2. The van der Waals surface area contributed by atoms with E-state index in [1.165, 1.54) is 0 Å². The molecule has 0 bridgehead atoms.